The Morgan fingerprint density at radius 2 is 1.69 bits per heavy atom. The second kappa shape index (κ2) is 9.47. The molecule has 2 N–H and O–H groups in total. The molecule has 162 valence electrons. The number of hydrogen-bond donors (Lipinski definition) is 2. The van der Waals surface area contributed by atoms with Crippen molar-refractivity contribution in [1.82, 2.24) is 15.5 Å². The first-order valence-corrected chi connectivity index (χ1v) is 10.6. The van der Waals surface area contributed by atoms with E-state index in [1.807, 2.05) is 67.6 Å². The van der Waals surface area contributed by atoms with Crippen LogP contribution < -0.4 is 10.6 Å². The van der Waals surface area contributed by atoms with Gasteiger partial charge in [0.15, 0.2) is 0 Å². The number of nitrogens with one attached hydrogen (secondary N) is 2. The van der Waals surface area contributed by atoms with Crippen molar-refractivity contribution in [3.05, 3.63) is 107 Å². The molecule has 6 heteroatoms. The van der Waals surface area contributed by atoms with Gasteiger partial charge in [-0.15, -0.1) is 0 Å². The molecule has 1 aliphatic heterocycles. The predicted octanol–water partition coefficient (Wildman–Crippen LogP) is 4.36. The molecule has 2 unspecified atom stereocenters. The lowest BCUT2D eigenvalue weighted by Crippen LogP contribution is -2.50. The van der Waals surface area contributed by atoms with Crippen molar-refractivity contribution >= 4 is 17.8 Å². The summed E-state index contributed by atoms with van der Waals surface area (Å²) < 4.78 is 0. The summed E-state index contributed by atoms with van der Waals surface area (Å²) in [6.07, 6.45) is 0.199. The van der Waals surface area contributed by atoms with Crippen molar-refractivity contribution in [1.29, 1.82) is 0 Å². The maximum Gasteiger partial charge on any atom is 0.324 e. The third-order valence-corrected chi connectivity index (χ3v) is 5.60. The predicted molar refractivity (Wildman–Crippen MR) is 122 cm³/mol. The highest BCUT2D eigenvalue weighted by Gasteiger charge is 2.32. The summed E-state index contributed by atoms with van der Waals surface area (Å²) in [6.45, 7) is 2.04. The highest BCUT2D eigenvalue weighted by molar-refractivity contribution is 5.97. The van der Waals surface area contributed by atoms with Gasteiger partial charge in [-0.05, 0) is 35.7 Å². The molecule has 6 nitrogen and oxygen atoms in total. The molecule has 0 aromatic heterocycles. The van der Waals surface area contributed by atoms with Gasteiger partial charge in [0, 0.05) is 5.56 Å². The molecular formula is C26H25N3O3. The van der Waals surface area contributed by atoms with Crippen molar-refractivity contribution < 1.29 is 14.4 Å². The molecule has 1 heterocycles. The second-order valence-corrected chi connectivity index (χ2v) is 7.90. The van der Waals surface area contributed by atoms with Crippen molar-refractivity contribution in [2.24, 2.45) is 0 Å². The summed E-state index contributed by atoms with van der Waals surface area (Å²) in [6, 6.07) is 25.3. The van der Waals surface area contributed by atoms with Gasteiger partial charge in [-0.3, -0.25) is 14.5 Å². The fourth-order valence-corrected chi connectivity index (χ4v) is 3.82. The summed E-state index contributed by atoms with van der Waals surface area (Å²) in [7, 11) is 0. The molecule has 3 aromatic carbocycles. The molecule has 1 fully saturated rings. The lowest BCUT2D eigenvalue weighted by atomic mass is 10.0. The molecule has 3 aromatic rings. The largest absolute Gasteiger partial charge is 0.346 e. The molecule has 32 heavy (non-hydrogen) atoms. The molecule has 0 radical (unpaired) electrons. The third kappa shape index (κ3) is 4.86. The molecule has 0 aliphatic carbocycles. The zero-order valence-corrected chi connectivity index (χ0v) is 17.8. The van der Waals surface area contributed by atoms with Crippen molar-refractivity contribution in [2.45, 2.75) is 32.0 Å². The number of carbonyl (C=O) groups is 3. The van der Waals surface area contributed by atoms with Crippen LogP contribution in [0.4, 0.5) is 4.79 Å². The number of imide groups is 1. The number of amides is 4. The number of carbonyl (C=O) groups excluding carboxylic acids is 3. The zero-order valence-electron chi connectivity index (χ0n) is 17.8. The minimum atomic E-state index is -0.428. The zero-order chi connectivity index (χ0) is 22.5. The van der Waals surface area contributed by atoms with Crippen LogP contribution in [0.3, 0.4) is 0 Å². The van der Waals surface area contributed by atoms with Crippen LogP contribution in [-0.2, 0) is 11.3 Å². The Bertz CT molecular complexity index is 1100. The summed E-state index contributed by atoms with van der Waals surface area (Å²) in [4.78, 5) is 39.3. The Kier molecular flexibility index (Phi) is 6.31. The molecule has 2 atom stereocenters. The minimum absolute atomic E-state index is 0.113. The number of rotatable bonds is 6. The normalized spacial score (nSPS) is 16.9. The van der Waals surface area contributed by atoms with Crippen LogP contribution in [0, 0.1) is 0 Å². The fraction of sp³-hybridized carbons (Fsp3) is 0.192. The van der Waals surface area contributed by atoms with E-state index in [2.05, 4.69) is 10.6 Å². The first-order valence-electron chi connectivity index (χ1n) is 10.6. The van der Waals surface area contributed by atoms with E-state index in [-0.39, 0.29) is 36.9 Å². The lowest BCUT2D eigenvalue weighted by Gasteiger charge is -2.31. The van der Waals surface area contributed by atoms with Crippen molar-refractivity contribution in [3.8, 4) is 0 Å². The summed E-state index contributed by atoms with van der Waals surface area (Å²) in [5.41, 5.74) is 3.12. The first-order chi connectivity index (χ1) is 15.5. The average molecular weight is 428 g/mol. The maximum atomic E-state index is 12.7. The van der Waals surface area contributed by atoms with Crippen molar-refractivity contribution in [2.75, 3.05) is 0 Å². The third-order valence-electron chi connectivity index (χ3n) is 5.60. The smallest absolute Gasteiger partial charge is 0.324 e. The highest BCUT2D eigenvalue weighted by Crippen LogP contribution is 2.23. The van der Waals surface area contributed by atoms with E-state index >= 15 is 0 Å². The molecule has 0 saturated carbocycles. The number of benzene rings is 3. The average Bonchev–Trinajstić information content (AvgIpc) is 2.82. The van der Waals surface area contributed by atoms with Crippen LogP contribution in [0.15, 0.2) is 84.9 Å². The van der Waals surface area contributed by atoms with Gasteiger partial charge in [0.2, 0.25) is 5.91 Å². The van der Waals surface area contributed by atoms with Gasteiger partial charge in [0.1, 0.15) is 0 Å². The SMILES string of the molecule is CC(NC(=O)c1cccc(CN2C(=O)CC(c3ccccc3)NC2=O)c1)c1ccccc1. The van der Waals surface area contributed by atoms with Crippen molar-refractivity contribution in [3.63, 3.8) is 0 Å². The lowest BCUT2D eigenvalue weighted by molar-refractivity contribution is -0.130. The van der Waals surface area contributed by atoms with E-state index in [0.29, 0.717) is 11.1 Å². The second-order valence-electron chi connectivity index (χ2n) is 7.90. The van der Waals surface area contributed by atoms with E-state index in [1.165, 1.54) is 4.90 Å². The quantitative estimate of drug-likeness (QED) is 0.614. The van der Waals surface area contributed by atoms with Crippen LogP contribution >= 0.6 is 0 Å². The summed E-state index contributed by atoms with van der Waals surface area (Å²) in [5, 5.41) is 5.89. The topological polar surface area (TPSA) is 78.5 Å². The standard InChI is InChI=1S/C26H25N3O3/c1-18(20-10-4-2-5-11-20)27-25(31)22-14-8-9-19(15-22)17-29-24(30)16-23(28-26(29)32)21-12-6-3-7-13-21/h2-15,18,23H,16-17H2,1H3,(H,27,31)(H,28,32). The number of urea groups is 1. The van der Waals surface area contributed by atoms with Gasteiger partial charge in [-0.1, -0.05) is 72.8 Å². The maximum absolute atomic E-state index is 12.7. The van der Waals surface area contributed by atoms with Gasteiger partial charge >= 0.3 is 6.03 Å². The monoisotopic (exact) mass is 427 g/mol. The number of nitrogens with zero attached hydrogens (tertiary/aromatic N) is 1. The van der Waals surface area contributed by atoms with Crippen LogP contribution in [-0.4, -0.2) is 22.7 Å². The molecule has 1 saturated heterocycles. The summed E-state index contributed by atoms with van der Waals surface area (Å²) in [5.74, 6) is -0.447. The van der Waals surface area contributed by atoms with Gasteiger partial charge < -0.3 is 10.6 Å². The Morgan fingerprint density at radius 1 is 1.00 bits per heavy atom. The summed E-state index contributed by atoms with van der Waals surface area (Å²) >= 11 is 0. The Balaban J connectivity index is 1.42. The molecule has 4 amide bonds. The Morgan fingerprint density at radius 3 is 2.38 bits per heavy atom. The number of hydrogen-bond acceptors (Lipinski definition) is 3. The van der Waals surface area contributed by atoms with E-state index in [4.69, 9.17) is 0 Å². The van der Waals surface area contributed by atoms with Gasteiger partial charge in [-0.2, -0.15) is 0 Å². The van der Waals surface area contributed by atoms with E-state index in [1.54, 1.807) is 24.3 Å². The van der Waals surface area contributed by atoms with Gasteiger partial charge in [0.25, 0.3) is 5.91 Å². The van der Waals surface area contributed by atoms with Gasteiger partial charge in [0.05, 0.1) is 25.0 Å². The van der Waals surface area contributed by atoms with E-state index in [0.717, 1.165) is 11.1 Å². The molecular weight excluding hydrogens is 402 g/mol. The van der Waals surface area contributed by atoms with E-state index < -0.39 is 6.03 Å². The molecule has 1 aliphatic rings. The van der Waals surface area contributed by atoms with Crippen LogP contribution in [0.25, 0.3) is 0 Å². The molecule has 4 rings (SSSR count). The molecule has 0 spiro atoms. The first kappa shape index (κ1) is 21.3. The van der Waals surface area contributed by atoms with Crippen LogP contribution in [0.2, 0.25) is 0 Å². The Hall–Kier alpha value is -3.93. The minimum Gasteiger partial charge on any atom is -0.346 e. The highest BCUT2D eigenvalue weighted by atomic mass is 16.2. The van der Waals surface area contributed by atoms with E-state index in [9.17, 15) is 14.4 Å². The van der Waals surface area contributed by atoms with Gasteiger partial charge in [-0.25, -0.2) is 4.79 Å². The van der Waals surface area contributed by atoms with Crippen LogP contribution in [0.5, 0.6) is 0 Å². The van der Waals surface area contributed by atoms with Crippen LogP contribution in [0.1, 0.15) is 52.5 Å². The fourth-order valence-electron chi connectivity index (χ4n) is 3.82. The Labute approximate surface area is 187 Å². The molecule has 0 bridgehead atoms.